The van der Waals surface area contributed by atoms with Gasteiger partial charge in [-0.05, 0) is 36.1 Å². The van der Waals surface area contributed by atoms with Gasteiger partial charge in [0.05, 0.1) is 13.2 Å². The standard InChI is InChI=1S/C16H21N3O2S/c1-11-17-16(21-18-11)5-12-9-20-10-13-6-19(8-15(12)13)7-14-3-2-4-22-14/h2-4,12-13,15H,5-10H2,1H3/t12-,13-,15+/m1/s1. The highest BCUT2D eigenvalue weighted by Gasteiger charge is 2.41. The third kappa shape index (κ3) is 2.95. The lowest BCUT2D eigenvalue weighted by molar-refractivity contribution is -0.0110. The molecule has 0 aromatic carbocycles. The fourth-order valence-corrected chi connectivity index (χ4v) is 4.55. The molecule has 2 aliphatic rings. The molecule has 2 saturated heterocycles. The summed E-state index contributed by atoms with van der Waals surface area (Å²) in [7, 11) is 0. The van der Waals surface area contributed by atoms with Crippen LogP contribution in [0.2, 0.25) is 0 Å². The average Bonchev–Trinajstić information content (AvgIpc) is 3.21. The van der Waals surface area contributed by atoms with Crippen LogP contribution in [-0.4, -0.2) is 41.3 Å². The SMILES string of the molecule is Cc1noc(C[C@@H]2COC[C@H]3CN(Cc4cccs4)C[C@@H]23)n1. The second kappa shape index (κ2) is 6.10. The Morgan fingerprint density at radius 3 is 3.09 bits per heavy atom. The topological polar surface area (TPSA) is 51.4 Å². The molecule has 22 heavy (non-hydrogen) atoms. The van der Waals surface area contributed by atoms with Crippen LogP contribution in [0, 0.1) is 24.7 Å². The largest absolute Gasteiger partial charge is 0.381 e. The number of likely N-dealkylation sites (tertiary alicyclic amines) is 1. The summed E-state index contributed by atoms with van der Waals surface area (Å²) in [5.41, 5.74) is 0. The molecule has 2 fully saturated rings. The molecule has 6 heteroatoms. The van der Waals surface area contributed by atoms with E-state index in [1.807, 2.05) is 18.3 Å². The van der Waals surface area contributed by atoms with E-state index in [0.29, 0.717) is 23.6 Å². The zero-order chi connectivity index (χ0) is 14.9. The lowest BCUT2D eigenvalue weighted by Crippen LogP contribution is -2.36. The highest BCUT2D eigenvalue weighted by molar-refractivity contribution is 7.09. The zero-order valence-corrected chi connectivity index (χ0v) is 13.6. The molecule has 2 aromatic heterocycles. The predicted octanol–water partition coefficient (Wildman–Crippen LogP) is 2.38. The Morgan fingerprint density at radius 2 is 2.32 bits per heavy atom. The van der Waals surface area contributed by atoms with Crippen LogP contribution >= 0.6 is 11.3 Å². The molecule has 0 N–H and O–H groups in total. The van der Waals surface area contributed by atoms with E-state index in [4.69, 9.17) is 9.26 Å². The second-order valence-electron chi connectivity index (χ2n) is 6.43. The van der Waals surface area contributed by atoms with Crippen molar-refractivity contribution in [2.45, 2.75) is 19.9 Å². The maximum Gasteiger partial charge on any atom is 0.227 e. The van der Waals surface area contributed by atoms with Crippen molar-refractivity contribution in [3.8, 4) is 0 Å². The first-order chi connectivity index (χ1) is 10.8. The first-order valence-corrected chi connectivity index (χ1v) is 8.77. The summed E-state index contributed by atoms with van der Waals surface area (Å²) in [5, 5.41) is 6.05. The van der Waals surface area contributed by atoms with Gasteiger partial charge in [-0.25, -0.2) is 0 Å². The van der Waals surface area contributed by atoms with Gasteiger partial charge in [-0.3, -0.25) is 4.90 Å². The molecule has 4 rings (SSSR count). The molecule has 0 amide bonds. The Hall–Kier alpha value is -1.24. The van der Waals surface area contributed by atoms with Crippen LogP contribution in [0.1, 0.15) is 16.6 Å². The molecule has 0 bridgehead atoms. The molecule has 0 saturated carbocycles. The van der Waals surface area contributed by atoms with E-state index in [-0.39, 0.29) is 0 Å². The summed E-state index contributed by atoms with van der Waals surface area (Å²) >= 11 is 1.84. The van der Waals surface area contributed by atoms with Gasteiger partial charge in [0.2, 0.25) is 5.89 Å². The highest BCUT2D eigenvalue weighted by Crippen LogP contribution is 2.36. The number of thiophene rings is 1. The lowest BCUT2D eigenvalue weighted by Gasteiger charge is -2.32. The number of ether oxygens (including phenoxy) is 1. The Kier molecular flexibility index (Phi) is 3.98. The maximum absolute atomic E-state index is 5.84. The summed E-state index contributed by atoms with van der Waals surface area (Å²) in [6.07, 6.45) is 0.842. The molecule has 0 aliphatic carbocycles. The number of hydrogen-bond donors (Lipinski definition) is 0. The van der Waals surface area contributed by atoms with Crippen LogP contribution in [0.5, 0.6) is 0 Å². The van der Waals surface area contributed by atoms with Gasteiger partial charge < -0.3 is 9.26 Å². The van der Waals surface area contributed by atoms with Gasteiger partial charge in [-0.15, -0.1) is 11.3 Å². The van der Waals surface area contributed by atoms with Gasteiger partial charge in [0.1, 0.15) is 0 Å². The van der Waals surface area contributed by atoms with Crippen molar-refractivity contribution in [3.05, 3.63) is 34.1 Å². The number of aromatic nitrogens is 2. The van der Waals surface area contributed by atoms with Crippen molar-refractivity contribution in [1.29, 1.82) is 0 Å². The average molecular weight is 319 g/mol. The zero-order valence-electron chi connectivity index (χ0n) is 12.8. The number of nitrogens with zero attached hydrogens (tertiary/aromatic N) is 3. The Balaban J connectivity index is 1.42. The smallest absolute Gasteiger partial charge is 0.227 e. The van der Waals surface area contributed by atoms with Crippen LogP contribution in [0.3, 0.4) is 0 Å². The van der Waals surface area contributed by atoms with Crippen molar-refractivity contribution >= 4 is 11.3 Å². The molecule has 4 heterocycles. The summed E-state index contributed by atoms with van der Waals surface area (Å²) in [5.74, 6) is 3.29. The molecule has 3 atom stereocenters. The summed E-state index contributed by atoms with van der Waals surface area (Å²) in [6.45, 7) is 6.94. The van der Waals surface area contributed by atoms with Gasteiger partial charge >= 0.3 is 0 Å². The van der Waals surface area contributed by atoms with Crippen LogP contribution in [-0.2, 0) is 17.7 Å². The molecule has 0 unspecified atom stereocenters. The molecule has 0 radical (unpaired) electrons. The lowest BCUT2D eigenvalue weighted by atomic mass is 9.81. The molecule has 2 aliphatic heterocycles. The van der Waals surface area contributed by atoms with Crippen LogP contribution in [0.25, 0.3) is 0 Å². The van der Waals surface area contributed by atoms with Crippen molar-refractivity contribution < 1.29 is 9.26 Å². The minimum absolute atomic E-state index is 0.493. The first kappa shape index (κ1) is 14.4. The van der Waals surface area contributed by atoms with E-state index >= 15 is 0 Å². The van der Waals surface area contributed by atoms with Gasteiger partial charge in [0.15, 0.2) is 5.82 Å². The van der Waals surface area contributed by atoms with Gasteiger partial charge in [0.25, 0.3) is 0 Å². The summed E-state index contributed by atoms with van der Waals surface area (Å²) in [6, 6.07) is 4.36. The first-order valence-electron chi connectivity index (χ1n) is 7.89. The quantitative estimate of drug-likeness (QED) is 0.866. The van der Waals surface area contributed by atoms with E-state index in [1.165, 1.54) is 4.88 Å². The fraction of sp³-hybridized carbons (Fsp3) is 0.625. The molecule has 118 valence electrons. The number of aryl methyl sites for hydroxylation is 1. The molecule has 5 nitrogen and oxygen atoms in total. The molecule has 2 aromatic rings. The van der Waals surface area contributed by atoms with Crippen LogP contribution in [0.15, 0.2) is 22.0 Å². The van der Waals surface area contributed by atoms with Crippen molar-refractivity contribution in [1.82, 2.24) is 15.0 Å². The van der Waals surface area contributed by atoms with Gasteiger partial charge in [-0.1, -0.05) is 11.2 Å². The van der Waals surface area contributed by atoms with Gasteiger partial charge in [-0.2, -0.15) is 4.98 Å². The normalized spacial score (nSPS) is 28.9. The van der Waals surface area contributed by atoms with E-state index in [0.717, 1.165) is 45.2 Å². The highest BCUT2D eigenvalue weighted by atomic mass is 32.1. The third-order valence-electron chi connectivity index (χ3n) is 4.80. The van der Waals surface area contributed by atoms with Gasteiger partial charge in [0, 0.05) is 30.9 Å². The number of hydrogen-bond acceptors (Lipinski definition) is 6. The minimum Gasteiger partial charge on any atom is -0.381 e. The van der Waals surface area contributed by atoms with Crippen LogP contribution < -0.4 is 0 Å². The van der Waals surface area contributed by atoms with Crippen molar-refractivity contribution in [2.75, 3.05) is 26.3 Å². The predicted molar refractivity (Wildman–Crippen MR) is 83.6 cm³/mol. The number of rotatable bonds is 4. The summed E-state index contributed by atoms with van der Waals surface area (Å²) < 4.78 is 11.1. The van der Waals surface area contributed by atoms with Crippen molar-refractivity contribution in [2.24, 2.45) is 17.8 Å². The van der Waals surface area contributed by atoms with Crippen molar-refractivity contribution in [3.63, 3.8) is 0 Å². The Bertz CT molecular complexity index is 613. The molecular formula is C16H21N3O2S. The number of fused-ring (bicyclic) bond motifs is 1. The Morgan fingerprint density at radius 1 is 1.36 bits per heavy atom. The van der Waals surface area contributed by atoms with E-state index in [9.17, 15) is 0 Å². The second-order valence-corrected chi connectivity index (χ2v) is 7.47. The maximum atomic E-state index is 5.84. The van der Waals surface area contributed by atoms with E-state index < -0.39 is 0 Å². The minimum atomic E-state index is 0.493. The fourth-order valence-electron chi connectivity index (χ4n) is 3.80. The molecular weight excluding hydrogens is 298 g/mol. The summed E-state index contributed by atoms with van der Waals surface area (Å²) in [4.78, 5) is 8.37. The Labute approximate surface area is 134 Å². The van der Waals surface area contributed by atoms with Crippen LogP contribution in [0.4, 0.5) is 0 Å². The molecule has 0 spiro atoms. The van der Waals surface area contributed by atoms with E-state index in [2.05, 4.69) is 32.6 Å². The monoisotopic (exact) mass is 319 g/mol. The van der Waals surface area contributed by atoms with E-state index in [1.54, 1.807) is 0 Å². The third-order valence-corrected chi connectivity index (χ3v) is 5.66.